The molecule has 1 atom stereocenters. The first-order valence-corrected chi connectivity index (χ1v) is 9.61. The van der Waals surface area contributed by atoms with Gasteiger partial charge in [0.2, 0.25) is 17.8 Å². The van der Waals surface area contributed by atoms with Gasteiger partial charge in [-0.25, -0.2) is 4.98 Å². The van der Waals surface area contributed by atoms with Crippen molar-refractivity contribution in [2.45, 2.75) is 25.8 Å². The van der Waals surface area contributed by atoms with Crippen LogP contribution >= 0.6 is 0 Å². The van der Waals surface area contributed by atoms with Crippen LogP contribution in [0.25, 0.3) is 0 Å². The molecular formula is C18H26N6O3. The summed E-state index contributed by atoms with van der Waals surface area (Å²) in [7, 11) is 0. The largest absolute Gasteiger partial charge is 0.378 e. The lowest BCUT2D eigenvalue weighted by atomic mass is 10.2. The number of nitrogens with zero attached hydrogens (tertiary/aromatic N) is 5. The Morgan fingerprint density at radius 2 is 1.85 bits per heavy atom. The molecule has 1 aromatic rings. The summed E-state index contributed by atoms with van der Waals surface area (Å²) in [5, 5.41) is 2.76. The number of morpholine rings is 1. The van der Waals surface area contributed by atoms with Gasteiger partial charge >= 0.3 is 0 Å². The maximum atomic E-state index is 12.5. The predicted octanol–water partition coefficient (Wildman–Crippen LogP) is -0.451. The molecule has 3 fully saturated rings. The standard InChI is InChI=1S/C18H26N6O3/c1-13-12-15(22-8-10-27-11-9-22)21-18(19-13)24-6-4-23(5-7-24)17(26)14-2-3-16(25)20-14/h12,14H,2-11H2,1H3,(H,20,25). The number of carbonyl (C=O) groups is 2. The molecule has 0 radical (unpaired) electrons. The highest BCUT2D eigenvalue weighted by atomic mass is 16.5. The van der Waals surface area contributed by atoms with E-state index in [1.54, 1.807) is 0 Å². The molecule has 1 aromatic heterocycles. The fourth-order valence-electron chi connectivity index (χ4n) is 3.78. The molecule has 3 aliphatic rings. The van der Waals surface area contributed by atoms with Gasteiger partial charge in [0.05, 0.1) is 13.2 Å². The van der Waals surface area contributed by atoms with E-state index < -0.39 is 0 Å². The lowest BCUT2D eigenvalue weighted by Gasteiger charge is -2.36. The van der Waals surface area contributed by atoms with E-state index in [4.69, 9.17) is 9.72 Å². The number of anilines is 2. The smallest absolute Gasteiger partial charge is 0.245 e. The Hall–Kier alpha value is -2.42. The molecule has 1 N–H and O–H groups in total. The van der Waals surface area contributed by atoms with E-state index >= 15 is 0 Å². The second kappa shape index (κ2) is 7.67. The molecule has 2 amide bonds. The van der Waals surface area contributed by atoms with Gasteiger partial charge in [-0.1, -0.05) is 0 Å². The van der Waals surface area contributed by atoms with Gasteiger partial charge in [0.1, 0.15) is 11.9 Å². The third-order valence-corrected chi connectivity index (χ3v) is 5.33. The number of aromatic nitrogens is 2. The minimum atomic E-state index is -0.354. The summed E-state index contributed by atoms with van der Waals surface area (Å²) in [6, 6.07) is 1.66. The number of aryl methyl sites for hydroxylation is 1. The monoisotopic (exact) mass is 374 g/mol. The zero-order chi connectivity index (χ0) is 18.8. The number of piperazine rings is 1. The molecule has 4 heterocycles. The molecule has 9 heteroatoms. The first-order chi connectivity index (χ1) is 13.1. The average Bonchev–Trinajstić information content (AvgIpc) is 3.14. The van der Waals surface area contributed by atoms with Gasteiger partial charge in [-0.05, 0) is 13.3 Å². The second-order valence-electron chi connectivity index (χ2n) is 7.24. The van der Waals surface area contributed by atoms with Gasteiger partial charge in [-0.3, -0.25) is 9.59 Å². The number of hydrogen-bond donors (Lipinski definition) is 1. The highest BCUT2D eigenvalue weighted by molar-refractivity contribution is 5.90. The number of nitrogens with one attached hydrogen (secondary N) is 1. The van der Waals surface area contributed by atoms with Crippen molar-refractivity contribution in [2.75, 3.05) is 62.3 Å². The molecule has 146 valence electrons. The number of rotatable bonds is 3. The molecule has 0 bridgehead atoms. The predicted molar refractivity (Wildman–Crippen MR) is 99.8 cm³/mol. The summed E-state index contributed by atoms with van der Waals surface area (Å²) in [6.45, 7) is 7.73. The van der Waals surface area contributed by atoms with Crippen LogP contribution < -0.4 is 15.1 Å². The summed E-state index contributed by atoms with van der Waals surface area (Å²) in [5.74, 6) is 1.65. The summed E-state index contributed by atoms with van der Waals surface area (Å²) in [6.07, 6.45) is 1.04. The molecular weight excluding hydrogens is 348 g/mol. The molecule has 0 aromatic carbocycles. The molecule has 1 unspecified atom stereocenters. The Labute approximate surface area is 158 Å². The first-order valence-electron chi connectivity index (χ1n) is 9.61. The lowest BCUT2D eigenvalue weighted by molar-refractivity contribution is -0.134. The summed E-state index contributed by atoms with van der Waals surface area (Å²) in [5.41, 5.74) is 0.939. The van der Waals surface area contributed by atoms with E-state index in [1.807, 2.05) is 17.9 Å². The summed E-state index contributed by atoms with van der Waals surface area (Å²) < 4.78 is 5.42. The molecule has 4 rings (SSSR count). The third-order valence-electron chi connectivity index (χ3n) is 5.33. The maximum absolute atomic E-state index is 12.5. The molecule has 0 saturated carbocycles. The molecule has 3 aliphatic heterocycles. The Balaban J connectivity index is 1.39. The number of carbonyl (C=O) groups excluding carboxylic acids is 2. The Bertz CT molecular complexity index is 713. The summed E-state index contributed by atoms with van der Waals surface area (Å²) in [4.78, 5) is 39.5. The second-order valence-corrected chi connectivity index (χ2v) is 7.24. The van der Waals surface area contributed by atoms with Crippen molar-refractivity contribution in [3.8, 4) is 0 Å². The van der Waals surface area contributed by atoms with E-state index in [2.05, 4.69) is 20.1 Å². The van der Waals surface area contributed by atoms with Crippen LogP contribution in [-0.2, 0) is 14.3 Å². The summed E-state index contributed by atoms with van der Waals surface area (Å²) >= 11 is 0. The van der Waals surface area contributed by atoms with Gasteiger partial charge in [0.25, 0.3) is 0 Å². The fourth-order valence-corrected chi connectivity index (χ4v) is 3.78. The normalized spacial score (nSPS) is 23.5. The van der Waals surface area contributed by atoms with Gasteiger partial charge in [-0.15, -0.1) is 0 Å². The Morgan fingerprint density at radius 1 is 1.11 bits per heavy atom. The van der Waals surface area contributed by atoms with E-state index in [9.17, 15) is 9.59 Å². The van der Waals surface area contributed by atoms with Crippen molar-refractivity contribution in [1.29, 1.82) is 0 Å². The zero-order valence-electron chi connectivity index (χ0n) is 15.7. The number of ether oxygens (including phenoxy) is 1. The molecule has 3 saturated heterocycles. The van der Waals surface area contributed by atoms with Crippen LogP contribution in [0.15, 0.2) is 6.07 Å². The average molecular weight is 374 g/mol. The van der Waals surface area contributed by atoms with Crippen LogP contribution in [0.5, 0.6) is 0 Å². The zero-order valence-corrected chi connectivity index (χ0v) is 15.7. The van der Waals surface area contributed by atoms with Crippen molar-refractivity contribution in [3.63, 3.8) is 0 Å². The Morgan fingerprint density at radius 3 is 2.52 bits per heavy atom. The SMILES string of the molecule is Cc1cc(N2CCOCC2)nc(N2CCN(C(=O)C3CCC(=O)N3)CC2)n1. The quantitative estimate of drug-likeness (QED) is 0.766. The lowest BCUT2D eigenvalue weighted by Crippen LogP contribution is -2.53. The highest BCUT2D eigenvalue weighted by Crippen LogP contribution is 2.20. The van der Waals surface area contributed by atoms with Crippen LogP contribution in [0.2, 0.25) is 0 Å². The van der Waals surface area contributed by atoms with E-state index in [1.165, 1.54) is 0 Å². The maximum Gasteiger partial charge on any atom is 0.245 e. The minimum absolute atomic E-state index is 0.0275. The Kier molecular flexibility index (Phi) is 5.11. The molecule has 9 nitrogen and oxygen atoms in total. The van der Waals surface area contributed by atoms with Crippen LogP contribution in [0.1, 0.15) is 18.5 Å². The van der Waals surface area contributed by atoms with E-state index in [0.717, 1.165) is 43.8 Å². The van der Waals surface area contributed by atoms with Gasteiger partial charge in [0.15, 0.2) is 0 Å². The van der Waals surface area contributed by atoms with Crippen molar-refractivity contribution < 1.29 is 14.3 Å². The number of hydrogen-bond acceptors (Lipinski definition) is 7. The van der Waals surface area contributed by atoms with Crippen molar-refractivity contribution in [1.82, 2.24) is 20.2 Å². The van der Waals surface area contributed by atoms with Gasteiger partial charge in [0, 0.05) is 57.4 Å². The topological polar surface area (TPSA) is 90.9 Å². The third kappa shape index (κ3) is 3.97. The highest BCUT2D eigenvalue weighted by Gasteiger charge is 2.32. The van der Waals surface area contributed by atoms with Crippen LogP contribution in [0, 0.1) is 6.92 Å². The minimum Gasteiger partial charge on any atom is -0.378 e. The first kappa shape index (κ1) is 18.0. The van der Waals surface area contributed by atoms with Crippen LogP contribution in [-0.4, -0.2) is 85.2 Å². The number of amides is 2. The fraction of sp³-hybridized carbons (Fsp3) is 0.667. The van der Waals surface area contributed by atoms with Gasteiger partial charge in [-0.2, -0.15) is 4.98 Å². The van der Waals surface area contributed by atoms with E-state index in [0.29, 0.717) is 39.0 Å². The molecule has 27 heavy (non-hydrogen) atoms. The van der Waals surface area contributed by atoms with Crippen LogP contribution in [0.4, 0.5) is 11.8 Å². The molecule has 0 aliphatic carbocycles. The van der Waals surface area contributed by atoms with Crippen molar-refractivity contribution in [3.05, 3.63) is 11.8 Å². The molecule has 0 spiro atoms. The van der Waals surface area contributed by atoms with Crippen molar-refractivity contribution in [2.24, 2.45) is 0 Å². The van der Waals surface area contributed by atoms with Crippen molar-refractivity contribution >= 4 is 23.6 Å². The van der Waals surface area contributed by atoms with Crippen LogP contribution in [0.3, 0.4) is 0 Å². The van der Waals surface area contributed by atoms with E-state index in [-0.39, 0.29) is 17.9 Å². The van der Waals surface area contributed by atoms with Gasteiger partial charge < -0.3 is 24.8 Å².